The maximum atomic E-state index is 5.70. The van der Waals surface area contributed by atoms with Gasteiger partial charge in [-0.1, -0.05) is 12.2 Å². The number of fused-ring (bicyclic) bond motifs is 1. The van der Waals surface area contributed by atoms with Crippen LogP contribution in [0.2, 0.25) is 0 Å². The number of hydrogen-bond donors (Lipinski definition) is 1. The lowest BCUT2D eigenvalue weighted by Gasteiger charge is -2.33. The Bertz CT molecular complexity index is 670. The van der Waals surface area contributed by atoms with Crippen molar-refractivity contribution < 1.29 is 4.74 Å². The van der Waals surface area contributed by atoms with Crippen LogP contribution in [0.1, 0.15) is 10.4 Å². The number of ether oxygens (including phenoxy) is 1. The molecule has 2 aromatic heterocycles. The maximum absolute atomic E-state index is 5.70. The van der Waals surface area contributed by atoms with Crippen molar-refractivity contribution in [3.63, 3.8) is 0 Å². The molecule has 5 nitrogen and oxygen atoms in total. The number of thiophene rings is 1. The van der Waals surface area contributed by atoms with Crippen LogP contribution in [0.4, 0.5) is 5.82 Å². The van der Waals surface area contributed by atoms with E-state index in [1.807, 2.05) is 0 Å². The van der Waals surface area contributed by atoms with Crippen LogP contribution in [0.15, 0.2) is 6.33 Å². The summed E-state index contributed by atoms with van der Waals surface area (Å²) in [6, 6.07) is 0. The van der Waals surface area contributed by atoms with Crippen LogP contribution >= 0.6 is 23.6 Å². The fraction of sp³-hybridized carbons (Fsp3) is 0.462. The van der Waals surface area contributed by atoms with Crippen LogP contribution in [0.5, 0.6) is 0 Å². The highest BCUT2D eigenvalue weighted by molar-refractivity contribution is 7.80. The molecule has 0 spiro atoms. The Morgan fingerprint density at radius 1 is 1.50 bits per heavy atom. The number of aryl methyl sites for hydroxylation is 2. The number of rotatable bonds is 2. The highest BCUT2D eigenvalue weighted by Gasteiger charge is 2.25. The van der Waals surface area contributed by atoms with E-state index >= 15 is 0 Å². The van der Waals surface area contributed by atoms with Crippen LogP contribution in [-0.2, 0) is 4.74 Å². The van der Waals surface area contributed by atoms with E-state index in [1.54, 1.807) is 17.7 Å². The van der Waals surface area contributed by atoms with E-state index in [4.69, 9.17) is 22.7 Å². The molecule has 20 heavy (non-hydrogen) atoms. The van der Waals surface area contributed by atoms with Crippen LogP contribution in [-0.4, -0.2) is 40.8 Å². The molecule has 0 bridgehead atoms. The Morgan fingerprint density at radius 3 is 3.05 bits per heavy atom. The van der Waals surface area contributed by atoms with Gasteiger partial charge in [-0.3, -0.25) is 0 Å². The van der Waals surface area contributed by atoms with Gasteiger partial charge in [-0.2, -0.15) is 0 Å². The monoisotopic (exact) mass is 308 g/mol. The summed E-state index contributed by atoms with van der Waals surface area (Å²) in [5.74, 6) is 0.960. The molecule has 7 heteroatoms. The second-order valence-corrected chi connectivity index (χ2v) is 6.54. The van der Waals surface area contributed by atoms with Crippen LogP contribution in [0, 0.1) is 13.8 Å². The van der Waals surface area contributed by atoms with Gasteiger partial charge in [-0.25, -0.2) is 9.97 Å². The zero-order valence-corrected chi connectivity index (χ0v) is 13.1. The minimum absolute atomic E-state index is 0.205. The first-order valence-electron chi connectivity index (χ1n) is 6.44. The lowest BCUT2D eigenvalue weighted by molar-refractivity contribution is 0.0845. The van der Waals surface area contributed by atoms with Crippen molar-refractivity contribution in [3.05, 3.63) is 16.8 Å². The Labute approximate surface area is 126 Å². The summed E-state index contributed by atoms with van der Waals surface area (Å²) in [6.45, 7) is 6.28. The van der Waals surface area contributed by atoms with Gasteiger partial charge in [0.25, 0.3) is 0 Å². The number of hydrogen-bond acceptors (Lipinski definition) is 6. The first-order valence-corrected chi connectivity index (χ1v) is 7.67. The van der Waals surface area contributed by atoms with Gasteiger partial charge >= 0.3 is 0 Å². The van der Waals surface area contributed by atoms with E-state index in [0.29, 0.717) is 18.1 Å². The largest absolute Gasteiger partial charge is 0.391 e. The van der Waals surface area contributed by atoms with E-state index in [2.05, 4.69) is 28.7 Å². The Morgan fingerprint density at radius 2 is 2.30 bits per heavy atom. The van der Waals surface area contributed by atoms with Crippen molar-refractivity contribution in [1.82, 2.24) is 9.97 Å². The first kappa shape index (κ1) is 13.7. The lowest BCUT2D eigenvalue weighted by atomic mass is 10.2. The third-order valence-electron chi connectivity index (χ3n) is 3.63. The zero-order valence-electron chi connectivity index (χ0n) is 11.4. The Balaban J connectivity index is 2.03. The topological polar surface area (TPSA) is 64.3 Å². The second-order valence-electron chi connectivity index (χ2n) is 4.87. The molecule has 0 amide bonds. The van der Waals surface area contributed by atoms with Gasteiger partial charge in [-0.05, 0) is 19.4 Å². The number of thiocarbonyl (C=S) groups is 1. The van der Waals surface area contributed by atoms with E-state index in [-0.39, 0.29) is 6.10 Å². The SMILES string of the molecule is Cc1sc2ncnc(N3CCOC(C(N)=S)C3)c2c1C. The molecule has 0 aliphatic carbocycles. The molecule has 3 rings (SSSR count). The van der Waals surface area contributed by atoms with Crippen LogP contribution in [0.3, 0.4) is 0 Å². The molecule has 1 atom stereocenters. The quantitative estimate of drug-likeness (QED) is 0.854. The summed E-state index contributed by atoms with van der Waals surface area (Å²) < 4.78 is 5.59. The summed E-state index contributed by atoms with van der Waals surface area (Å²) in [5, 5.41) is 1.14. The van der Waals surface area contributed by atoms with Crippen LogP contribution in [0.25, 0.3) is 10.2 Å². The number of aromatic nitrogens is 2. The van der Waals surface area contributed by atoms with E-state index in [9.17, 15) is 0 Å². The minimum Gasteiger partial charge on any atom is -0.391 e. The summed E-state index contributed by atoms with van der Waals surface area (Å²) in [6.07, 6.45) is 1.42. The molecular weight excluding hydrogens is 292 g/mol. The Hall–Kier alpha value is -1.31. The lowest BCUT2D eigenvalue weighted by Crippen LogP contribution is -2.48. The molecule has 1 unspecified atom stereocenters. The Kier molecular flexibility index (Phi) is 3.57. The maximum Gasteiger partial charge on any atom is 0.141 e. The molecule has 0 radical (unpaired) electrons. The van der Waals surface area contributed by atoms with Gasteiger partial charge < -0.3 is 15.4 Å². The highest BCUT2D eigenvalue weighted by Crippen LogP contribution is 2.34. The summed E-state index contributed by atoms with van der Waals surface area (Å²) in [5.41, 5.74) is 6.95. The zero-order chi connectivity index (χ0) is 14.3. The van der Waals surface area contributed by atoms with Crippen molar-refractivity contribution in [2.45, 2.75) is 20.0 Å². The fourth-order valence-corrected chi connectivity index (χ4v) is 3.55. The van der Waals surface area contributed by atoms with Gasteiger partial charge in [0.1, 0.15) is 28.1 Å². The second kappa shape index (κ2) is 5.23. The van der Waals surface area contributed by atoms with E-state index in [0.717, 1.165) is 22.6 Å². The fourth-order valence-electron chi connectivity index (χ4n) is 2.42. The molecular formula is C13H16N4OS2. The standard InChI is InChI=1S/C13H16N4OS2/c1-7-8(2)20-13-10(7)12(15-6-16-13)17-3-4-18-9(5-17)11(14)19/h6,9H,3-5H2,1-2H3,(H2,14,19). The van der Waals surface area contributed by atoms with Crippen molar-refractivity contribution in [1.29, 1.82) is 0 Å². The average molecular weight is 308 g/mol. The molecule has 1 saturated heterocycles. The molecule has 106 valence electrons. The third kappa shape index (κ3) is 2.25. The molecule has 3 heterocycles. The van der Waals surface area contributed by atoms with Crippen molar-refractivity contribution in [2.75, 3.05) is 24.6 Å². The van der Waals surface area contributed by atoms with Gasteiger partial charge in [-0.15, -0.1) is 11.3 Å². The normalized spacial score (nSPS) is 19.5. The number of nitrogens with zero attached hydrogens (tertiary/aromatic N) is 3. The minimum atomic E-state index is -0.205. The van der Waals surface area contributed by atoms with Gasteiger partial charge in [0.2, 0.25) is 0 Å². The number of nitrogens with two attached hydrogens (primary N) is 1. The van der Waals surface area contributed by atoms with E-state index < -0.39 is 0 Å². The summed E-state index contributed by atoms with van der Waals surface area (Å²) >= 11 is 6.74. The molecule has 1 aliphatic heterocycles. The third-order valence-corrected chi connectivity index (χ3v) is 5.01. The van der Waals surface area contributed by atoms with Crippen molar-refractivity contribution in [3.8, 4) is 0 Å². The molecule has 1 fully saturated rings. The number of anilines is 1. The summed E-state index contributed by atoms with van der Waals surface area (Å²) in [4.78, 5) is 13.8. The smallest absolute Gasteiger partial charge is 0.141 e. The first-order chi connectivity index (χ1) is 9.58. The predicted molar refractivity (Wildman–Crippen MR) is 85.6 cm³/mol. The van der Waals surface area contributed by atoms with E-state index in [1.165, 1.54) is 10.4 Å². The van der Waals surface area contributed by atoms with Gasteiger partial charge in [0.15, 0.2) is 0 Å². The molecule has 2 aromatic rings. The molecule has 1 aliphatic rings. The van der Waals surface area contributed by atoms with Crippen LogP contribution < -0.4 is 10.6 Å². The molecule has 2 N–H and O–H groups in total. The molecule has 0 saturated carbocycles. The van der Waals surface area contributed by atoms with Gasteiger partial charge in [0.05, 0.1) is 18.5 Å². The predicted octanol–water partition coefficient (Wildman–Crippen LogP) is 1.80. The van der Waals surface area contributed by atoms with Crippen molar-refractivity contribution in [2.24, 2.45) is 5.73 Å². The summed E-state index contributed by atoms with van der Waals surface area (Å²) in [7, 11) is 0. The molecule has 0 aromatic carbocycles. The van der Waals surface area contributed by atoms with Gasteiger partial charge in [0, 0.05) is 11.4 Å². The average Bonchev–Trinajstić information content (AvgIpc) is 2.74. The highest BCUT2D eigenvalue weighted by atomic mass is 32.1. The van der Waals surface area contributed by atoms with Crippen molar-refractivity contribution >= 4 is 44.6 Å². The number of morpholine rings is 1.